The van der Waals surface area contributed by atoms with Crippen molar-refractivity contribution < 1.29 is 0 Å². The minimum absolute atomic E-state index is 0.541. The van der Waals surface area contributed by atoms with Crippen molar-refractivity contribution in [3.63, 3.8) is 0 Å². The Labute approximate surface area is 136 Å². The Morgan fingerprint density at radius 1 is 1.19 bits per heavy atom. The predicted octanol–water partition coefficient (Wildman–Crippen LogP) is 4.15. The van der Waals surface area contributed by atoms with E-state index in [2.05, 4.69) is 30.4 Å². The summed E-state index contributed by atoms with van der Waals surface area (Å²) in [6.45, 7) is 4.91. The van der Waals surface area contributed by atoms with Crippen molar-refractivity contribution in [2.45, 2.75) is 76.8 Å². The monoisotopic (exact) mass is 312 g/mol. The van der Waals surface area contributed by atoms with Crippen LogP contribution < -0.4 is 5.32 Å². The lowest BCUT2D eigenvalue weighted by Gasteiger charge is -2.40. The molecular formula is C18H36N2S. The third-order valence-corrected chi connectivity index (χ3v) is 6.26. The van der Waals surface area contributed by atoms with Gasteiger partial charge in [-0.15, -0.1) is 0 Å². The highest BCUT2D eigenvalue weighted by Crippen LogP contribution is 2.36. The molecule has 2 rings (SSSR count). The molecule has 0 aromatic heterocycles. The van der Waals surface area contributed by atoms with Gasteiger partial charge in [0, 0.05) is 30.9 Å². The molecule has 2 aliphatic rings. The molecule has 0 aromatic carbocycles. The van der Waals surface area contributed by atoms with Gasteiger partial charge in [-0.1, -0.05) is 32.6 Å². The quantitative estimate of drug-likeness (QED) is 0.644. The highest BCUT2D eigenvalue weighted by Gasteiger charge is 2.35. The molecule has 0 amide bonds. The standard InChI is InChI=1S/C18H36N2S/c1-4-17(13-21-3)20(2)15-18(14-19-16-9-10-16)11-7-5-6-8-12-18/h16-17,19H,4-15H2,1-3H3. The summed E-state index contributed by atoms with van der Waals surface area (Å²) in [7, 11) is 2.37. The van der Waals surface area contributed by atoms with Crippen molar-refractivity contribution in [1.29, 1.82) is 0 Å². The van der Waals surface area contributed by atoms with E-state index in [0.717, 1.165) is 12.1 Å². The molecule has 0 aliphatic heterocycles. The molecule has 0 saturated heterocycles. The summed E-state index contributed by atoms with van der Waals surface area (Å²) in [5.74, 6) is 1.28. The molecule has 0 bridgehead atoms. The van der Waals surface area contributed by atoms with Gasteiger partial charge in [-0.25, -0.2) is 0 Å². The Morgan fingerprint density at radius 2 is 1.86 bits per heavy atom. The molecule has 2 fully saturated rings. The zero-order valence-electron chi connectivity index (χ0n) is 14.5. The summed E-state index contributed by atoms with van der Waals surface area (Å²) >= 11 is 2.00. The summed E-state index contributed by atoms with van der Waals surface area (Å²) in [4.78, 5) is 2.68. The van der Waals surface area contributed by atoms with E-state index < -0.39 is 0 Å². The van der Waals surface area contributed by atoms with Crippen LogP contribution in [-0.2, 0) is 0 Å². The molecule has 2 saturated carbocycles. The molecule has 1 N–H and O–H groups in total. The number of rotatable bonds is 9. The van der Waals surface area contributed by atoms with Crippen LogP contribution in [0.25, 0.3) is 0 Å². The molecule has 2 nitrogen and oxygen atoms in total. The Hall–Kier alpha value is 0.270. The van der Waals surface area contributed by atoms with Crippen LogP contribution in [0.4, 0.5) is 0 Å². The molecule has 0 aromatic rings. The second-order valence-corrected chi connectivity index (χ2v) is 8.41. The van der Waals surface area contributed by atoms with E-state index in [4.69, 9.17) is 0 Å². The van der Waals surface area contributed by atoms with Crippen LogP contribution in [-0.4, -0.2) is 49.1 Å². The Bertz CT molecular complexity index is 283. The van der Waals surface area contributed by atoms with Gasteiger partial charge in [-0.3, -0.25) is 0 Å². The summed E-state index contributed by atoms with van der Waals surface area (Å²) in [5.41, 5.74) is 0.541. The summed E-state index contributed by atoms with van der Waals surface area (Å²) in [6, 6.07) is 1.60. The Morgan fingerprint density at radius 3 is 2.38 bits per heavy atom. The molecule has 0 heterocycles. The van der Waals surface area contributed by atoms with Gasteiger partial charge < -0.3 is 10.2 Å². The second-order valence-electron chi connectivity index (χ2n) is 7.50. The molecule has 3 heteroatoms. The van der Waals surface area contributed by atoms with Crippen molar-refractivity contribution >= 4 is 11.8 Å². The Kier molecular flexibility index (Phi) is 7.37. The normalized spacial score (nSPS) is 24.0. The van der Waals surface area contributed by atoms with E-state index in [0.29, 0.717) is 5.41 Å². The molecule has 124 valence electrons. The van der Waals surface area contributed by atoms with Gasteiger partial charge in [0.1, 0.15) is 0 Å². The summed E-state index contributed by atoms with van der Waals surface area (Å²) in [5, 5.41) is 3.86. The van der Waals surface area contributed by atoms with Crippen LogP contribution in [0.15, 0.2) is 0 Å². The van der Waals surface area contributed by atoms with Gasteiger partial charge in [0.2, 0.25) is 0 Å². The highest BCUT2D eigenvalue weighted by molar-refractivity contribution is 7.98. The predicted molar refractivity (Wildman–Crippen MR) is 96.3 cm³/mol. The summed E-state index contributed by atoms with van der Waals surface area (Å²) in [6.07, 6.45) is 15.0. The SMILES string of the molecule is CCC(CSC)N(C)CC1(CNC2CC2)CCCCCC1. The van der Waals surface area contributed by atoms with Gasteiger partial charge in [0.15, 0.2) is 0 Å². The Balaban J connectivity index is 1.95. The molecule has 21 heavy (non-hydrogen) atoms. The van der Waals surface area contributed by atoms with E-state index in [1.807, 2.05) is 11.8 Å². The molecule has 0 radical (unpaired) electrons. The number of nitrogens with one attached hydrogen (secondary N) is 1. The van der Waals surface area contributed by atoms with E-state index >= 15 is 0 Å². The average Bonchev–Trinajstić information content (AvgIpc) is 3.30. The van der Waals surface area contributed by atoms with E-state index in [1.165, 1.54) is 76.6 Å². The van der Waals surface area contributed by atoms with Crippen LogP contribution in [0.1, 0.15) is 64.7 Å². The van der Waals surface area contributed by atoms with E-state index in [9.17, 15) is 0 Å². The maximum atomic E-state index is 3.86. The lowest BCUT2D eigenvalue weighted by Crippen LogP contribution is -2.47. The number of hydrogen-bond donors (Lipinski definition) is 1. The third kappa shape index (κ3) is 5.76. The van der Waals surface area contributed by atoms with Crippen molar-refractivity contribution in [2.75, 3.05) is 32.1 Å². The topological polar surface area (TPSA) is 15.3 Å². The van der Waals surface area contributed by atoms with Crippen LogP contribution in [0, 0.1) is 5.41 Å². The van der Waals surface area contributed by atoms with Gasteiger partial charge in [0.25, 0.3) is 0 Å². The molecule has 0 spiro atoms. The van der Waals surface area contributed by atoms with E-state index in [-0.39, 0.29) is 0 Å². The zero-order valence-corrected chi connectivity index (χ0v) is 15.3. The first-order chi connectivity index (χ1) is 10.2. The van der Waals surface area contributed by atoms with Gasteiger partial charge in [-0.2, -0.15) is 11.8 Å². The molecular weight excluding hydrogens is 276 g/mol. The minimum Gasteiger partial charge on any atom is -0.313 e. The molecule has 1 unspecified atom stereocenters. The average molecular weight is 313 g/mol. The van der Waals surface area contributed by atoms with E-state index in [1.54, 1.807) is 0 Å². The first-order valence-electron chi connectivity index (χ1n) is 9.12. The van der Waals surface area contributed by atoms with Crippen molar-refractivity contribution in [2.24, 2.45) is 5.41 Å². The highest BCUT2D eigenvalue weighted by atomic mass is 32.2. The first-order valence-corrected chi connectivity index (χ1v) is 10.5. The fourth-order valence-electron chi connectivity index (χ4n) is 3.92. The number of hydrogen-bond acceptors (Lipinski definition) is 3. The van der Waals surface area contributed by atoms with Crippen LogP contribution in [0.5, 0.6) is 0 Å². The maximum absolute atomic E-state index is 3.86. The molecule has 1 atom stereocenters. The van der Waals surface area contributed by atoms with Crippen molar-refractivity contribution in [3.05, 3.63) is 0 Å². The van der Waals surface area contributed by atoms with Gasteiger partial charge in [0.05, 0.1) is 0 Å². The third-order valence-electron chi connectivity index (χ3n) is 5.55. The van der Waals surface area contributed by atoms with Crippen LogP contribution in [0.3, 0.4) is 0 Å². The van der Waals surface area contributed by atoms with Crippen LogP contribution in [0.2, 0.25) is 0 Å². The lowest BCUT2D eigenvalue weighted by molar-refractivity contribution is 0.119. The zero-order chi connectivity index (χ0) is 15.1. The maximum Gasteiger partial charge on any atom is 0.0180 e. The smallest absolute Gasteiger partial charge is 0.0180 e. The molecule has 2 aliphatic carbocycles. The van der Waals surface area contributed by atoms with Crippen molar-refractivity contribution in [3.8, 4) is 0 Å². The fourth-order valence-corrected chi connectivity index (χ4v) is 4.80. The lowest BCUT2D eigenvalue weighted by atomic mass is 9.79. The number of nitrogens with zero attached hydrogens (tertiary/aromatic N) is 1. The number of thioether (sulfide) groups is 1. The fraction of sp³-hybridized carbons (Fsp3) is 1.00. The largest absolute Gasteiger partial charge is 0.313 e. The minimum atomic E-state index is 0.541. The van der Waals surface area contributed by atoms with Gasteiger partial charge in [-0.05, 0) is 50.8 Å². The summed E-state index contributed by atoms with van der Waals surface area (Å²) < 4.78 is 0. The first kappa shape index (κ1) is 17.6. The second kappa shape index (κ2) is 8.79. The van der Waals surface area contributed by atoms with Gasteiger partial charge >= 0.3 is 0 Å². The van der Waals surface area contributed by atoms with Crippen LogP contribution >= 0.6 is 11.8 Å². The van der Waals surface area contributed by atoms with Crippen molar-refractivity contribution in [1.82, 2.24) is 10.2 Å².